The van der Waals surface area contributed by atoms with E-state index in [2.05, 4.69) is 24.9 Å². The van der Waals surface area contributed by atoms with E-state index in [0.717, 1.165) is 16.7 Å². The fraction of sp³-hybridized carbons (Fsp3) is 0.286. The van der Waals surface area contributed by atoms with Gasteiger partial charge in [0.1, 0.15) is 11.9 Å². The molecular formula is C14H15N3. The van der Waals surface area contributed by atoms with E-state index in [1.807, 2.05) is 42.3 Å². The van der Waals surface area contributed by atoms with Crippen molar-refractivity contribution in [3.63, 3.8) is 0 Å². The van der Waals surface area contributed by atoms with Gasteiger partial charge in [-0.25, -0.2) is 4.98 Å². The molecular weight excluding hydrogens is 210 g/mol. The van der Waals surface area contributed by atoms with Crippen molar-refractivity contribution in [3.05, 3.63) is 35.9 Å². The number of nitriles is 1. The quantitative estimate of drug-likeness (QED) is 0.788. The van der Waals surface area contributed by atoms with Crippen LogP contribution in [0.4, 0.5) is 5.82 Å². The Labute approximate surface area is 101 Å². The summed E-state index contributed by atoms with van der Waals surface area (Å²) in [5, 5.41) is 10.2. The highest BCUT2D eigenvalue weighted by molar-refractivity contribution is 5.83. The van der Waals surface area contributed by atoms with Crippen LogP contribution in [0.2, 0.25) is 0 Å². The van der Waals surface area contributed by atoms with Crippen molar-refractivity contribution >= 4 is 16.7 Å². The fourth-order valence-corrected chi connectivity index (χ4v) is 1.70. The van der Waals surface area contributed by atoms with E-state index in [1.165, 1.54) is 0 Å². The van der Waals surface area contributed by atoms with Gasteiger partial charge in [0, 0.05) is 18.5 Å². The first kappa shape index (κ1) is 11.4. The van der Waals surface area contributed by atoms with Crippen LogP contribution < -0.4 is 4.90 Å². The molecule has 2 aromatic rings. The number of benzene rings is 1. The van der Waals surface area contributed by atoms with Crippen molar-refractivity contribution < 1.29 is 0 Å². The maximum absolute atomic E-state index is 9.19. The summed E-state index contributed by atoms with van der Waals surface area (Å²) in [6.45, 7) is 4.16. The first-order valence-corrected chi connectivity index (χ1v) is 5.66. The largest absolute Gasteiger partial charge is 0.356 e. The van der Waals surface area contributed by atoms with Gasteiger partial charge in [0.15, 0.2) is 0 Å². The highest BCUT2D eigenvalue weighted by Crippen LogP contribution is 2.23. The molecule has 0 saturated heterocycles. The maximum Gasteiger partial charge on any atom is 0.147 e. The fourth-order valence-electron chi connectivity index (χ4n) is 1.70. The number of aromatic nitrogens is 1. The van der Waals surface area contributed by atoms with Crippen LogP contribution in [0.5, 0.6) is 0 Å². The van der Waals surface area contributed by atoms with Crippen LogP contribution in [-0.4, -0.2) is 18.1 Å². The minimum absolute atomic E-state index is 0.316. The minimum Gasteiger partial charge on any atom is -0.356 e. The van der Waals surface area contributed by atoms with Gasteiger partial charge < -0.3 is 4.90 Å². The van der Waals surface area contributed by atoms with E-state index >= 15 is 0 Å². The second-order valence-corrected chi connectivity index (χ2v) is 4.37. The van der Waals surface area contributed by atoms with E-state index in [0.29, 0.717) is 11.6 Å². The van der Waals surface area contributed by atoms with Crippen molar-refractivity contribution in [2.24, 2.45) is 0 Å². The minimum atomic E-state index is 0.316. The molecule has 0 saturated carbocycles. The molecule has 3 nitrogen and oxygen atoms in total. The summed E-state index contributed by atoms with van der Waals surface area (Å²) < 4.78 is 0. The van der Waals surface area contributed by atoms with Crippen LogP contribution in [0.1, 0.15) is 19.4 Å². The molecule has 0 aliphatic rings. The van der Waals surface area contributed by atoms with Gasteiger partial charge in [-0.3, -0.25) is 0 Å². The lowest BCUT2D eigenvalue weighted by molar-refractivity contribution is 0.744. The van der Waals surface area contributed by atoms with E-state index in [4.69, 9.17) is 0 Å². The molecule has 0 amide bonds. The summed E-state index contributed by atoms with van der Waals surface area (Å²) >= 11 is 0. The molecule has 1 aromatic carbocycles. The highest BCUT2D eigenvalue weighted by Gasteiger charge is 2.13. The monoisotopic (exact) mass is 225 g/mol. The van der Waals surface area contributed by atoms with Crippen LogP contribution >= 0.6 is 0 Å². The first-order valence-electron chi connectivity index (χ1n) is 5.66. The predicted octanol–water partition coefficient (Wildman–Crippen LogP) is 2.95. The van der Waals surface area contributed by atoms with Crippen LogP contribution in [0.25, 0.3) is 10.9 Å². The molecule has 1 aromatic heterocycles. The number of rotatable bonds is 2. The summed E-state index contributed by atoms with van der Waals surface area (Å²) in [5.74, 6) is 0.751. The zero-order valence-corrected chi connectivity index (χ0v) is 10.3. The van der Waals surface area contributed by atoms with E-state index in [1.54, 1.807) is 0 Å². The van der Waals surface area contributed by atoms with Gasteiger partial charge in [0.25, 0.3) is 0 Å². The van der Waals surface area contributed by atoms with Crippen molar-refractivity contribution in [1.29, 1.82) is 5.26 Å². The topological polar surface area (TPSA) is 39.9 Å². The molecule has 0 radical (unpaired) electrons. The van der Waals surface area contributed by atoms with E-state index < -0.39 is 0 Å². The summed E-state index contributed by atoms with van der Waals surface area (Å²) in [4.78, 5) is 6.59. The molecule has 0 bridgehead atoms. The Kier molecular flexibility index (Phi) is 2.97. The Morgan fingerprint density at radius 1 is 1.29 bits per heavy atom. The van der Waals surface area contributed by atoms with Crippen molar-refractivity contribution in [1.82, 2.24) is 4.98 Å². The normalized spacial score (nSPS) is 10.5. The Hall–Kier alpha value is -2.08. The molecule has 0 atom stereocenters. The van der Waals surface area contributed by atoms with Gasteiger partial charge in [-0.05, 0) is 26.0 Å². The smallest absolute Gasteiger partial charge is 0.147 e. The third-order valence-corrected chi connectivity index (χ3v) is 2.93. The number of para-hydroxylation sites is 1. The van der Waals surface area contributed by atoms with E-state index in [9.17, 15) is 5.26 Å². The van der Waals surface area contributed by atoms with Crippen molar-refractivity contribution in [3.8, 4) is 6.07 Å². The lowest BCUT2D eigenvalue weighted by Crippen LogP contribution is -2.27. The van der Waals surface area contributed by atoms with Crippen LogP contribution in [0, 0.1) is 11.3 Å². The molecule has 0 N–H and O–H groups in total. The van der Waals surface area contributed by atoms with Crippen molar-refractivity contribution in [2.75, 3.05) is 11.9 Å². The standard InChI is InChI=1S/C14H15N3/c1-10(2)17(3)14-12(9-15)8-11-6-4-5-7-13(11)16-14/h4-8,10H,1-3H3. The van der Waals surface area contributed by atoms with Gasteiger partial charge in [-0.15, -0.1) is 0 Å². The molecule has 3 heteroatoms. The van der Waals surface area contributed by atoms with Crippen molar-refractivity contribution in [2.45, 2.75) is 19.9 Å². The van der Waals surface area contributed by atoms with Gasteiger partial charge in [0.2, 0.25) is 0 Å². The van der Waals surface area contributed by atoms with Gasteiger partial charge in [-0.2, -0.15) is 5.26 Å². The zero-order valence-electron chi connectivity index (χ0n) is 10.3. The lowest BCUT2D eigenvalue weighted by atomic mass is 10.1. The summed E-state index contributed by atoms with van der Waals surface area (Å²) in [5.41, 5.74) is 1.55. The molecule has 0 aliphatic heterocycles. The molecule has 0 aliphatic carbocycles. The SMILES string of the molecule is CC(C)N(C)c1nc2ccccc2cc1C#N. The third kappa shape index (κ3) is 2.07. The zero-order chi connectivity index (χ0) is 12.4. The second-order valence-electron chi connectivity index (χ2n) is 4.37. The number of hydrogen-bond donors (Lipinski definition) is 0. The number of anilines is 1. The summed E-state index contributed by atoms with van der Waals surface area (Å²) in [6.07, 6.45) is 0. The third-order valence-electron chi connectivity index (χ3n) is 2.93. The first-order chi connectivity index (χ1) is 8.13. The van der Waals surface area contributed by atoms with Crippen LogP contribution in [0.15, 0.2) is 30.3 Å². The molecule has 1 heterocycles. The van der Waals surface area contributed by atoms with Crippen LogP contribution in [-0.2, 0) is 0 Å². The maximum atomic E-state index is 9.19. The molecule has 0 unspecified atom stereocenters. The average Bonchev–Trinajstić information content (AvgIpc) is 2.36. The number of pyridine rings is 1. The Morgan fingerprint density at radius 2 is 2.00 bits per heavy atom. The molecule has 86 valence electrons. The van der Waals surface area contributed by atoms with E-state index in [-0.39, 0.29) is 0 Å². The molecule has 2 rings (SSSR count). The van der Waals surface area contributed by atoms with Gasteiger partial charge >= 0.3 is 0 Å². The molecule has 0 fully saturated rings. The Morgan fingerprint density at radius 3 is 2.65 bits per heavy atom. The number of hydrogen-bond acceptors (Lipinski definition) is 3. The highest BCUT2D eigenvalue weighted by atomic mass is 15.2. The molecule has 17 heavy (non-hydrogen) atoms. The Balaban J connectivity index is 2.66. The number of fused-ring (bicyclic) bond motifs is 1. The molecule has 0 spiro atoms. The van der Waals surface area contributed by atoms with Gasteiger partial charge in [-0.1, -0.05) is 18.2 Å². The average molecular weight is 225 g/mol. The summed E-state index contributed by atoms with van der Waals surface area (Å²) in [6, 6.07) is 12.3. The van der Waals surface area contributed by atoms with Gasteiger partial charge in [0.05, 0.1) is 11.1 Å². The predicted molar refractivity (Wildman–Crippen MR) is 70.0 cm³/mol. The lowest BCUT2D eigenvalue weighted by Gasteiger charge is -2.23. The second kappa shape index (κ2) is 4.42. The Bertz CT molecular complexity index is 582. The number of nitrogens with zero attached hydrogens (tertiary/aromatic N) is 3. The van der Waals surface area contributed by atoms with Crippen LogP contribution in [0.3, 0.4) is 0 Å². The summed E-state index contributed by atoms with van der Waals surface area (Å²) in [7, 11) is 1.96.